The highest BCUT2D eigenvalue weighted by atomic mass is 16.4. The molecule has 5 amide bonds. The van der Waals surface area contributed by atoms with E-state index < -0.39 is 29.9 Å². The zero-order chi connectivity index (χ0) is 42.8. The van der Waals surface area contributed by atoms with Crippen molar-refractivity contribution in [1.82, 2.24) is 40.8 Å². The molecule has 19 heteroatoms. The maximum atomic E-state index is 13.1. The summed E-state index contributed by atoms with van der Waals surface area (Å²) < 4.78 is 0. The van der Waals surface area contributed by atoms with Gasteiger partial charge in [-0.3, -0.25) is 29.3 Å². The van der Waals surface area contributed by atoms with Crippen LogP contribution >= 0.6 is 0 Å². The first-order valence-electron chi connectivity index (χ1n) is 20.0. The topological polar surface area (TPSA) is 281 Å². The fourth-order valence-electron chi connectivity index (χ4n) is 7.28. The summed E-state index contributed by atoms with van der Waals surface area (Å²) in [6.45, 7) is 1.89. The number of unbranched alkanes of at least 4 members (excludes halogenated alkanes) is 5. The van der Waals surface area contributed by atoms with Gasteiger partial charge in [-0.25, -0.2) is 14.8 Å². The van der Waals surface area contributed by atoms with Crippen LogP contribution in [0, 0.1) is 0 Å². The fraction of sp³-hybridized carbons (Fsp3) is 0.415. The second-order valence-corrected chi connectivity index (χ2v) is 14.9. The van der Waals surface area contributed by atoms with Gasteiger partial charge in [0.2, 0.25) is 23.7 Å². The zero-order valence-corrected chi connectivity index (χ0v) is 33.4. The second kappa shape index (κ2) is 19.7. The van der Waals surface area contributed by atoms with Gasteiger partial charge >= 0.3 is 5.97 Å². The van der Waals surface area contributed by atoms with Crippen molar-refractivity contribution in [2.75, 3.05) is 41.8 Å². The molecule has 2 aliphatic heterocycles. The van der Waals surface area contributed by atoms with Crippen LogP contribution in [0.3, 0.4) is 0 Å². The monoisotopic (exact) mass is 822 g/mol. The first-order chi connectivity index (χ1) is 28.9. The highest BCUT2D eigenvalue weighted by Gasteiger charge is 2.39. The molecule has 0 saturated carbocycles. The van der Waals surface area contributed by atoms with Crippen molar-refractivity contribution < 1.29 is 33.9 Å². The summed E-state index contributed by atoms with van der Waals surface area (Å²) in [7, 11) is 1.84. The van der Waals surface area contributed by atoms with Crippen molar-refractivity contribution in [3.8, 4) is 0 Å². The molecular formula is C41H50N12O7. The number of carboxylic acid groups (broad SMARTS) is 1. The number of carbonyl (C=O) groups is 6. The number of nitrogens with one attached hydrogen (secondary N) is 4. The third kappa shape index (κ3) is 10.8. The van der Waals surface area contributed by atoms with E-state index in [0.717, 1.165) is 62.0 Å². The number of aliphatic carboxylic acids is 1. The minimum atomic E-state index is -1.24. The molecule has 0 spiro atoms. The van der Waals surface area contributed by atoms with Gasteiger partial charge in [-0.1, -0.05) is 31.7 Å². The lowest BCUT2D eigenvalue weighted by molar-refractivity contribution is -0.140. The van der Waals surface area contributed by atoms with Crippen LogP contribution in [0.5, 0.6) is 0 Å². The van der Waals surface area contributed by atoms with E-state index in [4.69, 9.17) is 11.5 Å². The van der Waals surface area contributed by atoms with Crippen molar-refractivity contribution in [3.05, 3.63) is 71.0 Å². The minimum Gasteiger partial charge on any atom is -0.480 e. The van der Waals surface area contributed by atoms with Crippen molar-refractivity contribution in [3.63, 3.8) is 0 Å². The molecule has 0 bridgehead atoms. The Balaban J connectivity index is 0.831. The Morgan fingerprint density at radius 2 is 1.70 bits per heavy atom. The van der Waals surface area contributed by atoms with Crippen molar-refractivity contribution in [2.24, 2.45) is 0 Å². The quantitative estimate of drug-likeness (QED) is 0.0498. The predicted molar refractivity (Wildman–Crippen MR) is 222 cm³/mol. The van der Waals surface area contributed by atoms with Crippen molar-refractivity contribution in [2.45, 2.75) is 89.4 Å². The molecule has 0 aliphatic carbocycles. The van der Waals surface area contributed by atoms with Crippen LogP contribution in [0.15, 0.2) is 48.7 Å². The Bertz CT molecular complexity index is 2250. The summed E-state index contributed by atoms with van der Waals surface area (Å²) in [5, 5.41) is 20.9. The van der Waals surface area contributed by atoms with Crippen molar-refractivity contribution in [1.29, 1.82) is 0 Å². The lowest BCUT2D eigenvalue weighted by Crippen LogP contribution is -2.52. The Morgan fingerprint density at radius 1 is 0.967 bits per heavy atom. The molecule has 2 aromatic carbocycles. The van der Waals surface area contributed by atoms with Gasteiger partial charge in [0.25, 0.3) is 11.8 Å². The molecule has 2 unspecified atom stereocenters. The average molecular weight is 823 g/mol. The van der Waals surface area contributed by atoms with Gasteiger partial charge in [-0.05, 0) is 62.1 Å². The zero-order valence-electron chi connectivity index (χ0n) is 33.4. The van der Waals surface area contributed by atoms with E-state index in [1.807, 2.05) is 24.1 Å². The molecule has 2 aromatic heterocycles. The normalized spacial score (nSPS) is 15.3. The molecule has 60 heavy (non-hydrogen) atoms. The van der Waals surface area contributed by atoms with Crippen LogP contribution < -0.4 is 37.6 Å². The smallest absolute Gasteiger partial charge is 0.326 e. The number of hydrogen-bond acceptors (Lipinski definition) is 14. The van der Waals surface area contributed by atoms with E-state index in [9.17, 15) is 33.9 Å². The van der Waals surface area contributed by atoms with Crippen LogP contribution in [-0.4, -0.2) is 97.7 Å². The van der Waals surface area contributed by atoms with Crippen LogP contribution in [-0.2, 0) is 32.3 Å². The Morgan fingerprint density at radius 3 is 2.43 bits per heavy atom. The molecule has 0 radical (unpaired) electrons. The fourth-order valence-corrected chi connectivity index (χ4v) is 7.28. The molecule has 2 atom stereocenters. The molecule has 1 saturated heterocycles. The highest BCUT2D eigenvalue weighted by Crippen LogP contribution is 2.32. The molecule has 1 fully saturated rings. The summed E-state index contributed by atoms with van der Waals surface area (Å²) >= 11 is 0. The third-order valence-corrected chi connectivity index (χ3v) is 10.6. The number of carboxylic acids is 1. The van der Waals surface area contributed by atoms with E-state index >= 15 is 0 Å². The first-order valence-corrected chi connectivity index (χ1v) is 20.0. The van der Waals surface area contributed by atoms with Crippen molar-refractivity contribution >= 4 is 69.8 Å². The number of fused-ring (bicyclic) bond motifs is 2. The lowest BCUT2D eigenvalue weighted by atomic mass is 10.0. The van der Waals surface area contributed by atoms with Gasteiger partial charge < -0.3 is 42.3 Å². The molecule has 19 nitrogen and oxygen atoms in total. The van der Waals surface area contributed by atoms with E-state index in [2.05, 4.69) is 41.2 Å². The number of aromatic nitrogens is 4. The maximum absolute atomic E-state index is 13.1. The number of benzene rings is 2. The van der Waals surface area contributed by atoms with Crippen LogP contribution in [0.4, 0.5) is 23.1 Å². The number of carbonyl (C=O) groups excluding carboxylic acids is 5. The Kier molecular flexibility index (Phi) is 14.0. The van der Waals surface area contributed by atoms with Crippen LogP contribution in [0.2, 0.25) is 0 Å². The largest absolute Gasteiger partial charge is 0.480 e. The molecule has 9 N–H and O–H groups in total. The second-order valence-electron chi connectivity index (χ2n) is 14.9. The number of nitrogens with zero attached hydrogens (tertiary/aromatic N) is 6. The van der Waals surface area contributed by atoms with E-state index in [-0.39, 0.29) is 54.3 Å². The summed E-state index contributed by atoms with van der Waals surface area (Å²) in [6.07, 6.45) is 7.67. The summed E-state index contributed by atoms with van der Waals surface area (Å²) in [6, 6.07) is 10.3. The maximum Gasteiger partial charge on any atom is 0.326 e. The first kappa shape index (κ1) is 42.7. The van der Waals surface area contributed by atoms with E-state index in [1.165, 1.54) is 0 Å². The average Bonchev–Trinajstić information content (AvgIpc) is 3.56. The van der Waals surface area contributed by atoms with Gasteiger partial charge in [0, 0.05) is 67.6 Å². The van der Waals surface area contributed by atoms with Crippen LogP contribution in [0.1, 0.15) is 96.2 Å². The predicted octanol–water partition coefficient (Wildman–Crippen LogP) is 2.51. The van der Waals surface area contributed by atoms with Gasteiger partial charge in [0.1, 0.15) is 12.1 Å². The highest BCUT2D eigenvalue weighted by molar-refractivity contribution is 6.06. The number of nitrogen functional groups attached to an aromatic ring is 2. The molecule has 6 rings (SSSR count). The number of anilines is 4. The third-order valence-electron chi connectivity index (χ3n) is 10.6. The van der Waals surface area contributed by atoms with Gasteiger partial charge in [-0.2, -0.15) is 9.97 Å². The molecule has 316 valence electrons. The van der Waals surface area contributed by atoms with Crippen LogP contribution in [0.25, 0.3) is 11.2 Å². The molecular weight excluding hydrogens is 773 g/mol. The van der Waals surface area contributed by atoms with E-state index in [0.29, 0.717) is 48.5 Å². The standard InChI is InChI=1S/C41H50N12O7/c1-52(22-25-21-46-36-34(47-25)35(42)50-41(43)51-36)26-13-11-24(12-14-26)37(56)48-30(40(59)60)15-17-32(54)45-20-7-5-3-2-4-6-19-44-29-10-8-9-27-28(29)23-53(39(27)58)31-16-18-33(55)49-38(31)57/h8-14,21,30-31,44H,2-7,15-20,22-23H2,1H3,(H,45,54)(H,48,56)(H,59,60)(H,49,55,57)(H4,42,43,46,50,51). The molecule has 4 heterocycles. The number of hydrogen-bond donors (Lipinski definition) is 7. The number of imide groups is 1. The van der Waals surface area contributed by atoms with Gasteiger partial charge in [0.05, 0.1) is 18.4 Å². The SMILES string of the molecule is CN(Cc1cnc2nc(N)nc(N)c2n1)c1ccc(C(=O)NC(CCC(=O)NCCCCCCCCNc2cccc3c2CN(C2CCC(=O)NC2=O)C3=O)C(=O)O)cc1. The number of amides is 5. The Labute approximate surface area is 346 Å². The number of rotatable bonds is 20. The summed E-state index contributed by atoms with van der Waals surface area (Å²) in [5.74, 6) is -2.87. The Hall–Kier alpha value is -6.92. The summed E-state index contributed by atoms with van der Waals surface area (Å²) in [5.41, 5.74) is 16.2. The summed E-state index contributed by atoms with van der Waals surface area (Å²) in [4.78, 5) is 94.5. The lowest BCUT2D eigenvalue weighted by Gasteiger charge is -2.29. The minimum absolute atomic E-state index is 0.0104. The van der Waals surface area contributed by atoms with Gasteiger partial charge in [-0.15, -0.1) is 0 Å². The number of nitrogens with two attached hydrogens (primary N) is 2. The number of piperidine rings is 1. The molecule has 4 aromatic rings. The molecule has 2 aliphatic rings. The van der Waals surface area contributed by atoms with Gasteiger partial charge in [0.15, 0.2) is 17.0 Å². The van der Waals surface area contributed by atoms with E-state index in [1.54, 1.807) is 41.4 Å².